The normalized spacial score (nSPS) is 11.8. The Morgan fingerprint density at radius 3 is 2.39 bits per heavy atom. The SMILES string of the molecule is Cc1cccc(C)c1OCCCCC(N)CS.Cl. The molecule has 1 atom stereocenters. The van der Waals surface area contributed by atoms with Gasteiger partial charge in [0, 0.05) is 11.8 Å². The quantitative estimate of drug-likeness (QED) is 0.595. The van der Waals surface area contributed by atoms with Gasteiger partial charge in [0.05, 0.1) is 6.61 Å². The van der Waals surface area contributed by atoms with Crippen LogP contribution in [-0.4, -0.2) is 18.4 Å². The van der Waals surface area contributed by atoms with Gasteiger partial charge in [0.15, 0.2) is 0 Å². The van der Waals surface area contributed by atoms with E-state index < -0.39 is 0 Å². The van der Waals surface area contributed by atoms with E-state index in [0.717, 1.165) is 37.4 Å². The number of para-hydroxylation sites is 1. The molecular weight excluding hydrogens is 266 g/mol. The molecule has 104 valence electrons. The van der Waals surface area contributed by atoms with Crippen molar-refractivity contribution in [3.8, 4) is 5.75 Å². The number of ether oxygens (including phenoxy) is 1. The summed E-state index contributed by atoms with van der Waals surface area (Å²) in [5.41, 5.74) is 8.21. The van der Waals surface area contributed by atoms with E-state index >= 15 is 0 Å². The molecule has 0 heterocycles. The van der Waals surface area contributed by atoms with Gasteiger partial charge in [-0.3, -0.25) is 0 Å². The predicted octanol–water partition coefficient (Wildman–Crippen LogP) is 3.53. The van der Waals surface area contributed by atoms with Gasteiger partial charge in [-0.05, 0) is 44.2 Å². The molecule has 1 aromatic carbocycles. The number of rotatable bonds is 7. The topological polar surface area (TPSA) is 35.2 Å². The van der Waals surface area contributed by atoms with Crippen LogP contribution in [0.25, 0.3) is 0 Å². The molecule has 0 amide bonds. The highest BCUT2D eigenvalue weighted by atomic mass is 35.5. The lowest BCUT2D eigenvalue weighted by Gasteiger charge is -2.12. The summed E-state index contributed by atoms with van der Waals surface area (Å²) in [6, 6.07) is 6.44. The zero-order valence-electron chi connectivity index (χ0n) is 11.2. The average Bonchev–Trinajstić information content (AvgIpc) is 2.31. The summed E-state index contributed by atoms with van der Waals surface area (Å²) in [6.45, 7) is 4.93. The number of aryl methyl sites for hydroxylation is 2. The molecule has 1 unspecified atom stereocenters. The lowest BCUT2D eigenvalue weighted by Crippen LogP contribution is -2.21. The van der Waals surface area contributed by atoms with E-state index in [0.29, 0.717) is 0 Å². The van der Waals surface area contributed by atoms with E-state index in [1.54, 1.807) is 0 Å². The molecule has 1 aromatic rings. The Hall–Kier alpha value is -0.380. The fourth-order valence-corrected chi connectivity index (χ4v) is 1.98. The molecule has 1 rings (SSSR count). The molecule has 0 saturated carbocycles. The van der Waals surface area contributed by atoms with Crippen LogP contribution in [0.1, 0.15) is 30.4 Å². The van der Waals surface area contributed by atoms with Crippen LogP contribution >= 0.6 is 25.0 Å². The molecule has 0 fully saturated rings. The summed E-state index contributed by atoms with van der Waals surface area (Å²) in [5, 5.41) is 0. The maximum absolute atomic E-state index is 5.82. The van der Waals surface area contributed by atoms with Crippen molar-refractivity contribution in [3.05, 3.63) is 29.3 Å². The summed E-state index contributed by atoms with van der Waals surface area (Å²) in [6.07, 6.45) is 3.18. The van der Waals surface area contributed by atoms with Crippen LogP contribution in [0, 0.1) is 13.8 Å². The lowest BCUT2D eigenvalue weighted by atomic mass is 10.1. The Balaban J connectivity index is 0.00000289. The number of hydrogen-bond acceptors (Lipinski definition) is 3. The van der Waals surface area contributed by atoms with E-state index in [4.69, 9.17) is 10.5 Å². The third-order valence-corrected chi connectivity index (χ3v) is 3.33. The molecule has 2 N–H and O–H groups in total. The summed E-state index contributed by atoms with van der Waals surface area (Å²) < 4.78 is 5.82. The second-order valence-electron chi connectivity index (χ2n) is 4.51. The Bertz CT molecular complexity index is 326. The molecule has 0 aliphatic heterocycles. The zero-order chi connectivity index (χ0) is 12.7. The van der Waals surface area contributed by atoms with Crippen LogP contribution in [0.4, 0.5) is 0 Å². The standard InChI is InChI=1S/C14H23NOS.ClH/c1-11-6-5-7-12(2)14(11)16-9-4-3-8-13(15)10-17;/h5-7,13,17H,3-4,8-10,15H2,1-2H3;1H. The highest BCUT2D eigenvalue weighted by Gasteiger charge is 2.03. The number of halogens is 1. The Morgan fingerprint density at radius 2 is 1.83 bits per heavy atom. The van der Waals surface area contributed by atoms with E-state index in [-0.39, 0.29) is 18.4 Å². The third-order valence-electron chi connectivity index (χ3n) is 2.86. The monoisotopic (exact) mass is 289 g/mol. The molecule has 0 aromatic heterocycles. The molecule has 0 aliphatic rings. The number of unbranched alkanes of at least 4 members (excludes halogenated alkanes) is 1. The largest absolute Gasteiger partial charge is 0.493 e. The molecule has 4 heteroatoms. The van der Waals surface area contributed by atoms with Crippen molar-refractivity contribution in [2.75, 3.05) is 12.4 Å². The van der Waals surface area contributed by atoms with Crippen molar-refractivity contribution in [1.29, 1.82) is 0 Å². The van der Waals surface area contributed by atoms with Gasteiger partial charge in [-0.1, -0.05) is 18.2 Å². The van der Waals surface area contributed by atoms with Crippen LogP contribution < -0.4 is 10.5 Å². The van der Waals surface area contributed by atoms with Crippen molar-refractivity contribution < 1.29 is 4.74 Å². The number of hydrogen-bond donors (Lipinski definition) is 2. The maximum Gasteiger partial charge on any atom is 0.125 e. The maximum atomic E-state index is 5.82. The van der Waals surface area contributed by atoms with E-state index in [2.05, 4.69) is 44.7 Å². The molecule has 0 radical (unpaired) electrons. The molecule has 0 bridgehead atoms. The molecule has 0 saturated heterocycles. The summed E-state index contributed by atoms with van der Waals surface area (Å²) >= 11 is 4.17. The minimum absolute atomic E-state index is 0. The molecule has 2 nitrogen and oxygen atoms in total. The Kier molecular flexibility index (Phi) is 9.34. The van der Waals surface area contributed by atoms with Crippen molar-refractivity contribution in [1.82, 2.24) is 0 Å². The van der Waals surface area contributed by atoms with E-state index in [1.807, 2.05) is 0 Å². The minimum Gasteiger partial charge on any atom is -0.493 e. The molecule has 0 aliphatic carbocycles. The van der Waals surface area contributed by atoms with Crippen LogP contribution in [0.3, 0.4) is 0 Å². The second-order valence-corrected chi connectivity index (χ2v) is 4.87. The van der Waals surface area contributed by atoms with Gasteiger partial charge in [0.2, 0.25) is 0 Å². The lowest BCUT2D eigenvalue weighted by molar-refractivity contribution is 0.300. The van der Waals surface area contributed by atoms with Crippen molar-refractivity contribution in [3.63, 3.8) is 0 Å². The van der Waals surface area contributed by atoms with E-state index in [9.17, 15) is 0 Å². The van der Waals surface area contributed by atoms with Crippen LogP contribution in [0.15, 0.2) is 18.2 Å². The predicted molar refractivity (Wildman–Crippen MR) is 84.3 cm³/mol. The smallest absolute Gasteiger partial charge is 0.125 e. The van der Waals surface area contributed by atoms with Gasteiger partial charge in [0.25, 0.3) is 0 Å². The summed E-state index contributed by atoms with van der Waals surface area (Å²) in [7, 11) is 0. The second kappa shape index (κ2) is 9.54. The Labute approximate surface area is 122 Å². The van der Waals surface area contributed by atoms with Gasteiger partial charge in [-0.2, -0.15) is 12.6 Å². The minimum atomic E-state index is 0. The first kappa shape index (κ1) is 17.6. The van der Waals surface area contributed by atoms with Gasteiger partial charge < -0.3 is 10.5 Å². The summed E-state index contributed by atoms with van der Waals surface area (Å²) in [5.74, 6) is 1.79. The molecule has 0 spiro atoms. The average molecular weight is 290 g/mol. The third kappa shape index (κ3) is 5.98. The van der Waals surface area contributed by atoms with Crippen molar-refractivity contribution in [2.24, 2.45) is 5.73 Å². The molecular formula is C14H24ClNOS. The Morgan fingerprint density at radius 1 is 1.22 bits per heavy atom. The van der Waals surface area contributed by atoms with Crippen LogP contribution in [0.2, 0.25) is 0 Å². The number of nitrogens with two attached hydrogens (primary N) is 1. The fourth-order valence-electron chi connectivity index (χ4n) is 1.80. The zero-order valence-corrected chi connectivity index (χ0v) is 12.9. The number of benzene rings is 1. The van der Waals surface area contributed by atoms with Gasteiger partial charge in [-0.15, -0.1) is 12.4 Å². The van der Waals surface area contributed by atoms with Crippen LogP contribution in [0.5, 0.6) is 5.75 Å². The summed E-state index contributed by atoms with van der Waals surface area (Å²) in [4.78, 5) is 0. The first-order valence-electron chi connectivity index (χ1n) is 6.20. The fraction of sp³-hybridized carbons (Fsp3) is 0.571. The first-order valence-corrected chi connectivity index (χ1v) is 6.84. The highest BCUT2D eigenvalue weighted by molar-refractivity contribution is 7.80. The van der Waals surface area contributed by atoms with Gasteiger partial charge in [0.1, 0.15) is 5.75 Å². The van der Waals surface area contributed by atoms with Crippen LogP contribution in [-0.2, 0) is 0 Å². The van der Waals surface area contributed by atoms with E-state index in [1.165, 1.54) is 11.1 Å². The van der Waals surface area contributed by atoms with Crippen molar-refractivity contribution >= 4 is 25.0 Å². The number of thiol groups is 1. The molecule has 18 heavy (non-hydrogen) atoms. The highest BCUT2D eigenvalue weighted by Crippen LogP contribution is 2.22. The van der Waals surface area contributed by atoms with Gasteiger partial charge in [-0.25, -0.2) is 0 Å². The first-order chi connectivity index (χ1) is 8.15. The van der Waals surface area contributed by atoms with Gasteiger partial charge >= 0.3 is 0 Å². The van der Waals surface area contributed by atoms with Crippen molar-refractivity contribution in [2.45, 2.75) is 39.2 Å².